The maximum absolute atomic E-state index is 11.3. The number of hydrogen-bond donors (Lipinski definition) is 0. The topological polar surface area (TPSA) is 85.2 Å². The highest BCUT2D eigenvalue weighted by molar-refractivity contribution is 7.61. The van der Waals surface area contributed by atoms with Crippen molar-refractivity contribution in [2.45, 2.75) is 6.92 Å². The largest absolute Gasteiger partial charge is 0.409 e. The highest BCUT2D eigenvalue weighted by Crippen LogP contribution is 2.04. The Morgan fingerprint density at radius 2 is 1.50 bits per heavy atom. The first-order valence-electron chi connectivity index (χ1n) is 6.19. The van der Waals surface area contributed by atoms with Gasteiger partial charge >= 0.3 is 16.5 Å². The highest BCUT2D eigenvalue weighted by atomic mass is 32.2. The summed E-state index contributed by atoms with van der Waals surface area (Å²) in [5.41, 5.74) is 1.36. The van der Waals surface area contributed by atoms with Gasteiger partial charge in [-0.2, -0.15) is 8.42 Å². The van der Waals surface area contributed by atoms with Gasteiger partial charge in [0.1, 0.15) is 0 Å². The van der Waals surface area contributed by atoms with E-state index in [0.717, 1.165) is 5.56 Å². The standard InChI is InChI=1S/C9H8N2O4S.C6H6/c1-7-2-4-8(5-3-7)9(12)15-6-10-11-16(13)14;1-2-4-6-5-3-1/h2-6H,1H3;1-6H. The van der Waals surface area contributed by atoms with Crippen molar-refractivity contribution in [2.24, 2.45) is 9.57 Å². The zero-order chi connectivity index (χ0) is 16.2. The number of nitrogens with zero attached hydrogens (tertiary/aromatic N) is 2. The van der Waals surface area contributed by atoms with Crippen LogP contribution in [-0.4, -0.2) is 20.8 Å². The van der Waals surface area contributed by atoms with Gasteiger partial charge in [-0.05, 0) is 23.5 Å². The van der Waals surface area contributed by atoms with Gasteiger partial charge in [-0.15, -0.1) is 5.10 Å². The first-order chi connectivity index (χ1) is 10.6. The number of hydrogen-bond acceptors (Lipinski definition) is 5. The molecule has 0 aliphatic heterocycles. The molecule has 0 N–H and O–H groups in total. The van der Waals surface area contributed by atoms with Crippen LogP contribution in [0.25, 0.3) is 0 Å². The zero-order valence-corrected chi connectivity index (χ0v) is 12.6. The average Bonchev–Trinajstić information content (AvgIpc) is 2.54. The maximum Gasteiger partial charge on any atom is 0.344 e. The number of rotatable bonds is 3. The Bertz CT molecular complexity index is 704. The van der Waals surface area contributed by atoms with E-state index in [0.29, 0.717) is 12.0 Å². The van der Waals surface area contributed by atoms with Crippen molar-refractivity contribution >= 4 is 22.9 Å². The molecule has 0 fully saturated rings. The van der Waals surface area contributed by atoms with Crippen LogP contribution in [0.4, 0.5) is 0 Å². The molecule has 0 radical (unpaired) electrons. The quantitative estimate of drug-likeness (QED) is 0.377. The van der Waals surface area contributed by atoms with E-state index in [1.54, 1.807) is 24.3 Å². The molecule has 2 aromatic rings. The van der Waals surface area contributed by atoms with Crippen molar-refractivity contribution in [3.05, 3.63) is 71.8 Å². The van der Waals surface area contributed by atoms with E-state index in [-0.39, 0.29) is 0 Å². The lowest BCUT2D eigenvalue weighted by Crippen LogP contribution is -2.02. The molecule has 0 heterocycles. The summed E-state index contributed by atoms with van der Waals surface area (Å²) in [6, 6.07) is 18.7. The van der Waals surface area contributed by atoms with Gasteiger partial charge in [0.2, 0.25) is 6.40 Å². The summed E-state index contributed by atoms with van der Waals surface area (Å²) >= 11 is 0. The summed E-state index contributed by atoms with van der Waals surface area (Å²) in [7, 11) is -2.64. The van der Waals surface area contributed by atoms with Gasteiger partial charge in [0.05, 0.1) is 5.56 Å². The van der Waals surface area contributed by atoms with Crippen molar-refractivity contribution in [3.8, 4) is 0 Å². The molecule has 2 aromatic carbocycles. The number of ether oxygens (including phenoxy) is 1. The van der Waals surface area contributed by atoms with Gasteiger partial charge in [-0.1, -0.05) is 54.1 Å². The number of aryl methyl sites for hydroxylation is 1. The van der Waals surface area contributed by atoms with Crippen molar-refractivity contribution in [1.29, 1.82) is 0 Å². The van der Waals surface area contributed by atoms with E-state index in [2.05, 4.69) is 14.3 Å². The predicted molar refractivity (Wildman–Crippen MR) is 82.9 cm³/mol. The summed E-state index contributed by atoms with van der Waals surface area (Å²) in [5, 5.41) is 3.00. The Hall–Kier alpha value is -2.80. The van der Waals surface area contributed by atoms with Crippen LogP contribution in [-0.2, 0) is 15.2 Å². The SMILES string of the molecule is Cc1ccc(C(=O)OC=NN=S(=O)=O)cc1.c1ccccc1. The van der Waals surface area contributed by atoms with E-state index in [1.165, 1.54) is 0 Å². The van der Waals surface area contributed by atoms with Crippen LogP contribution in [0.2, 0.25) is 0 Å². The third-order valence-electron chi connectivity index (χ3n) is 2.27. The molecule has 0 aliphatic rings. The van der Waals surface area contributed by atoms with Crippen molar-refractivity contribution < 1.29 is 17.9 Å². The van der Waals surface area contributed by atoms with Crippen molar-refractivity contribution in [2.75, 3.05) is 0 Å². The van der Waals surface area contributed by atoms with Gasteiger partial charge in [0, 0.05) is 0 Å². The number of carbonyl (C=O) groups excluding carboxylic acids is 1. The third kappa shape index (κ3) is 7.71. The molecule has 0 amide bonds. The molecule has 0 spiro atoms. The van der Waals surface area contributed by atoms with Crippen molar-refractivity contribution in [3.63, 3.8) is 0 Å². The summed E-state index contributed by atoms with van der Waals surface area (Å²) in [5.74, 6) is -0.629. The predicted octanol–water partition coefficient (Wildman–Crippen LogP) is 2.84. The Kier molecular flexibility index (Phi) is 7.84. The second kappa shape index (κ2) is 10.0. The van der Waals surface area contributed by atoms with Gasteiger partial charge in [-0.3, -0.25) is 0 Å². The van der Waals surface area contributed by atoms with E-state index < -0.39 is 16.5 Å². The molecule has 0 aliphatic carbocycles. The molecule has 0 aromatic heterocycles. The molecule has 0 unspecified atom stereocenters. The van der Waals surface area contributed by atoms with Crippen LogP contribution in [0.15, 0.2) is 70.2 Å². The van der Waals surface area contributed by atoms with Crippen LogP contribution < -0.4 is 0 Å². The van der Waals surface area contributed by atoms with E-state index in [1.807, 2.05) is 43.3 Å². The molecular formula is C15H14N2O4S. The fourth-order valence-electron chi connectivity index (χ4n) is 1.27. The first kappa shape index (κ1) is 17.3. The minimum atomic E-state index is -2.64. The van der Waals surface area contributed by atoms with E-state index in [9.17, 15) is 13.2 Å². The van der Waals surface area contributed by atoms with Crippen molar-refractivity contribution in [1.82, 2.24) is 0 Å². The first-order valence-corrected chi connectivity index (χ1v) is 7.22. The maximum atomic E-state index is 11.3. The second-order valence-corrected chi connectivity index (χ2v) is 4.54. The zero-order valence-electron chi connectivity index (χ0n) is 11.8. The number of esters is 1. The fourth-order valence-corrected chi connectivity index (χ4v) is 1.39. The van der Waals surface area contributed by atoms with Gasteiger partial charge in [0.25, 0.3) is 0 Å². The van der Waals surface area contributed by atoms with E-state index in [4.69, 9.17) is 0 Å². The minimum Gasteiger partial charge on any atom is -0.409 e. The molecule has 0 saturated heterocycles. The molecule has 2 rings (SSSR count). The van der Waals surface area contributed by atoms with Crippen LogP contribution in [0.1, 0.15) is 15.9 Å². The fraction of sp³-hybridized carbons (Fsp3) is 0.0667. The Labute approximate surface area is 129 Å². The molecule has 22 heavy (non-hydrogen) atoms. The lowest BCUT2D eigenvalue weighted by Gasteiger charge is -1.97. The van der Waals surface area contributed by atoms with Crippen LogP contribution >= 0.6 is 0 Å². The molecule has 0 atom stereocenters. The molecule has 0 bridgehead atoms. The van der Waals surface area contributed by atoms with Crippen LogP contribution in [0, 0.1) is 6.92 Å². The normalized spacial score (nSPS) is 9.50. The summed E-state index contributed by atoms with van der Waals surface area (Å²) in [6.45, 7) is 1.89. The number of carbonyl (C=O) groups is 1. The highest BCUT2D eigenvalue weighted by Gasteiger charge is 2.04. The Morgan fingerprint density at radius 3 is 1.95 bits per heavy atom. The van der Waals surface area contributed by atoms with Gasteiger partial charge in [0.15, 0.2) is 0 Å². The molecule has 6 nitrogen and oxygen atoms in total. The summed E-state index contributed by atoms with van der Waals surface area (Å²) in [6.07, 6.45) is 0.665. The molecule has 7 heteroatoms. The summed E-state index contributed by atoms with van der Waals surface area (Å²) < 4.78 is 27.1. The lowest BCUT2D eigenvalue weighted by molar-refractivity contribution is 0.0727. The molecular weight excluding hydrogens is 304 g/mol. The van der Waals surface area contributed by atoms with Gasteiger partial charge in [-0.25, -0.2) is 4.79 Å². The van der Waals surface area contributed by atoms with Crippen LogP contribution in [0.5, 0.6) is 0 Å². The minimum absolute atomic E-state index is 0.347. The molecule has 114 valence electrons. The van der Waals surface area contributed by atoms with E-state index >= 15 is 0 Å². The number of benzene rings is 2. The average molecular weight is 318 g/mol. The van der Waals surface area contributed by atoms with Gasteiger partial charge < -0.3 is 4.74 Å². The monoisotopic (exact) mass is 318 g/mol. The third-order valence-corrected chi connectivity index (χ3v) is 2.50. The Balaban J connectivity index is 0.000000335. The lowest BCUT2D eigenvalue weighted by atomic mass is 10.2. The molecule has 0 saturated carbocycles. The van der Waals surface area contributed by atoms with Crippen LogP contribution in [0.3, 0.4) is 0 Å². The second-order valence-electron chi connectivity index (χ2n) is 3.95. The summed E-state index contributed by atoms with van der Waals surface area (Å²) in [4.78, 5) is 11.3. The Morgan fingerprint density at radius 1 is 1.00 bits per heavy atom. The smallest absolute Gasteiger partial charge is 0.344 e.